The van der Waals surface area contributed by atoms with Gasteiger partial charge in [-0.3, -0.25) is 4.79 Å². The largest absolute Gasteiger partial charge is 0.341 e. The molecule has 1 amide bonds. The first-order chi connectivity index (χ1) is 10.2. The number of carbonyl (C=O) groups excluding carboxylic acids is 1. The van der Waals surface area contributed by atoms with Crippen LogP contribution in [-0.4, -0.2) is 44.1 Å². The van der Waals surface area contributed by atoms with Gasteiger partial charge >= 0.3 is 0 Å². The number of piperidine rings is 1. The van der Waals surface area contributed by atoms with E-state index in [0.29, 0.717) is 11.7 Å². The van der Waals surface area contributed by atoms with Crippen LogP contribution in [-0.2, 0) is 11.3 Å². The van der Waals surface area contributed by atoms with E-state index in [0.717, 1.165) is 25.1 Å². The van der Waals surface area contributed by atoms with Crippen LogP contribution in [0.2, 0.25) is 0 Å². The molecule has 1 aliphatic rings. The molecule has 0 unspecified atom stereocenters. The van der Waals surface area contributed by atoms with Crippen molar-refractivity contribution < 1.29 is 4.79 Å². The van der Waals surface area contributed by atoms with Crippen molar-refractivity contribution in [1.29, 1.82) is 0 Å². The fraction of sp³-hybridized carbons (Fsp3) is 0.467. The summed E-state index contributed by atoms with van der Waals surface area (Å²) in [6.07, 6.45) is 2.27. The topological polar surface area (TPSA) is 63.9 Å². The molecule has 6 nitrogen and oxygen atoms in total. The minimum atomic E-state index is 0.0681. The van der Waals surface area contributed by atoms with E-state index < -0.39 is 0 Å². The van der Waals surface area contributed by atoms with E-state index in [2.05, 4.69) is 22.3 Å². The highest BCUT2D eigenvalue weighted by Gasteiger charge is 2.21. The number of tetrazole rings is 1. The lowest BCUT2D eigenvalue weighted by atomic mass is 10.0. The summed E-state index contributed by atoms with van der Waals surface area (Å²) in [6, 6.07) is 9.65. The van der Waals surface area contributed by atoms with Crippen molar-refractivity contribution in [2.75, 3.05) is 13.1 Å². The van der Waals surface area contributed by atoms with Crippen LogP contribution in [0.3, 0.4) is 0 Å². The van der Waals surface area contributed by atoms with E-state index in [-0.39, 0.29) is 12.5 Å². The highest BCUT2D eigenvalue weighted by molar-refractivity contribution is 5.75. The number of rotatable bonds is 3. The molecule has 1 aliphatic heterocycles. The number of aromatic nitrogens is 4. The van der Waals surface area contributed by atoms with E-state index in [1.165, 1.54) is 11.2 Å². The molecule has 1 aromatic carbocycles. The third-order valence-corrected chi connectivity index (χ3v) is 3.77. The molecule has 6 heteroatoms. The SMILES string of the molecule is C[C@@H]1CCCN(C(=O)Cn2nnc(-c3ccccc3)n2)C1. The lowest BCUT2D eigenvalue weighted by Gasteiger charge is -2.30. The smallest absolute Gasteiger partial charge is 0.246 e. The molecule has 0 aliphatic carbocycles. The fourth-order valence-corrected chi connectivity index (χ4v) is 2.65. The van der Waals surface area contributed by atoms with Gasteiger partial charge in [0.25, 0.3) is 0 Å². The van der Waals surface area contributed by atoms with Gasteiger partial charge in [-0.1, -0.05) is 37.3 Å². The summed E-state index contributed by atoms with van der Waals surface area (Å²) in [5.74, 6) is 1.19. The fourth-order valence-electron chi connectivity index (χ4n) is 2.65. The van der Waals surface area contributed by atoms with Gasteiger partial charge in [0.05, 0.1) is 0 Å². The number of benzene rings is 1. The van der Waals surface area contributed by atoms with Crippen molar-refractivity contribution >= 4 is 5.91 Å². The van der Waals surface area contributed by atoms with Crippen LogP contribution < -0.4 is 0 Å². The van der Waals surface area contributed by atoms with Crippen molar-refractivity contribution in [3.05, 3.63) is 30.3 Å². The maximum Gasteiger partial charge on any atom is 0.246 e. The molecule has 1 aromatic heterocycles. The van der Waals surface area contributed by atoms with Crippen LogP contribution in [0.5, 0.6) is 0 Å². The van der Waals surface area contributed by atoms with E-state index >= 15 is 0 Å². The van der Waals surface area contributed by atoms with Gasteiger partial charge in [-0.25, -0.2) is 0 Å². The van der Waals surface area contributed by atoms with Crippen LogP contribution in [0.4, 0.5) is 0 Å². The van der Waals surface area contributed by atoms with Crippen molar-refractivity contribution in [3.63, 3.8) is 0 Å². The standard InChI is InChI=1S/C15H19N5O/c1-12-6-5-9-19(10-12)14(21)11-20-17-15(16-18-20)13-7-3-2-4-8-13/h2-4,7-8,12H,5-6,9-11H2,1H3/t12-/m1/s1. The molecule has 0 saturated carbocycles. The van der Waals surface area contributed by atoms with E-state index in [4.69, 9.17) is 0 Å². The lowest BCUT2D eigenvalue weighted by molar-refractivity contribution is -0.134. The molecule has 0 bridgehead atoms. The second-order valence-corrected chi connectivity index (χ2v) is 5.60. The summed E-state index contributed by atoms with van der Waals surface area (Å²) in [5.41, 5.74) is 0.905. The molecular formula is C15H19N5O. The van der Waals surface area contributed by atoms with Gasteiger partial charge in [0, 0.05) is 18.7 Å². The van der Waals surface area contributed by atoms with Gasteiger partial charge in [0.15, 0.2) is 0 Å². The summed E-state index contributed by atoms with van der Waals surface area (Å²) in [5, 5.41) is 12.3. The Kier molecular flexibility index (Phi) is 3.94. The van der Waals surface area contributed by atoms with Gasteiger partial charge in [-0.2, -0.15) is 4.80 Å². The zero-order valence-corrected chi connectivity index (χ0v) is 12.1. The minimum absolute atomic E-state index is 0.0681. The summed E-state index contributed by atoms with van der Waals surface area (Å²) in [6.45, 7) is 4.01. The zero-order valence-electron chi connectivity index (χ0n) is 12.1. The Hall–Kier alpha value is -2.24. The van der Waals surface area contributed by atoms with Crippen LogP contribution in [0.15, 0.2) is 30.3 Å². The van der Waals surface area contributed by atoms with E-state index in [1.807, 2.05) is 35.2 Å². The van der Waals surface area contributed by atoms with Crippen molar-refractivity contribution in [2.24, 2.45) is 5.92 Å². The predicted octanol–water partition coefficient (Wildman–Crippen LogP) is 1.60. The summed E-state index contributed by atoms with van der Waals surface area (Å²) < 4.78 is 0. The first-order valence-corrected chi connectivity index (χ1v) is 7.33. The molecule has 1 saturated heterocycles. The van der Waals surface area contributed by atoms with Crippen LogP contribution >= 0.6 is 0 Å². The number of amides is 1. The molecule has 2 heterocycles. The van der Waals surface area contributed by atoms with Crippen molar-refractivity contribution in [3.8, 4) is 11.4 Å². The first kappa shape index (κ1) is 13.7. The molecule has 2 aromatic rings. The molecule has 1 fully saturated rings. The number of likely N-dealkylation sites (tertiary alicyclic amines) is 1. The Morgan fingerprint density at radius 2 is 2.14 bits per heavy atom. The zero-order chi connectivity index (χ0) is 14.7. The first-order valence-electron chi connectivity index (χ1n) is 7.33. The number of nitrogens with zero attached hydrogens (tertiary/aromatic N) is 5. The normalized spacial score (nSPS) is 18.7. The highest BCUT2D eigenvalue weighted by Crippen LogP contribution is 2.16. The lowest BCUT2D eigenvalue weighted by Crippen LogP contribution is -2.41. The second kappa shape index (κ2) is 6.03. The Morgan fingerprint density at radius 3 is 2.90 bits per heavy atom. The van der Waals surface area contributed by atoms with Crippen molar-refractivity contribution in [2.45, 2.75) is 26.3 Å². The van der Waals surface area contributed by atoms with Crippen LogP contribution in [0, 0.1) is 5.92 Å². The Bertz CT molecular complexity index is 610. The average molecular weight is 285 g/mol. The Labute approximate surface area is 123 Å². The van der Waals surface area contributed by atoms with E-state index in [9.17, 15) is 4.79 Å². The molecule has 0 radical (unpaired) electrons. The predicted molar refractivity (Wildman–Crippen MR) is 78.2 cm³/mol. The third kappa shape index (κ3) is 3.26. The van der Waals surface area contributed by atoms with Gasteiger partial charge < -0.3 is 4.90 Å². The second-order valence-electron chi connectivity index (χ2n) is 5.60. The molecule has 0 spiro atoms. The average Bonchev–Trinajstić information content (AvgIpc) is 2.97. The quantitative estimate of drug-likeness (QED) is 0.859. The number of hydrogen-bond acceptors (Lipinski definition) is 4. The Balaban J connectivity index is 1.66. The molecule has 21 heavy (non-hydrogen) atoms. The van der Waals surface area contributed by atoms with Crippen LogP contribution in [0.25, 0.3) is 11.4 Å². The van der Waals surface area contributed by atoms with E-state index in [1.54, 1.807) is 0 Å². The van der Waals surface area contributed by atoms with Gasteiger partial charge in [0.1, 0.15) is 6.54 Å². The maximum atomic E-state index is 12.3. The van der Waals surface area contributed by atoms with Gasteiger partial charge in [-0.15, -0.1) is 10.2 Å². The van der Waals surface area contributed by atoms with Gasteiger partial charge in [-0.05, 0) is 24.0 Å². The monoisotopic (exact) mass is 285 g/mol. The third-order valence-electron chi connectivity index (χ3n) is 3.77. The van der Waals surface area contributed by atoms with Gasteiger partial charge in [0.2, 0.25) is 11.7 Å². The summed E-state index contributed by atoms with van der Waals surface area (Å²) in [4.78, 5) is 15.5. The Morgan fingerprint density at radius 1 is 1.33 bits per heavy atom. The molecule has 3 rings (SSSR count). The van der Waals surface area contributed by atoms with Crippen LogP contribution in [0.1, 0.15) is 19.8 Å². The molecular weight excluding hydrogens is 266 g/mol. The summed E-state index contributed by atoms with van der Waals surface area (Å²) in [7, 11) is 0. The maximum absolute atomic E-state index is 12.3. The number of carbonyl (C=O) groups is 1. The number of hydrogen-bond donors (Lipinski definition) is 0. The minimum Gasteiger partial charge on any atom is -0.341 e. The molecule has 0 N–H and O–H groups in total. The molecule has 110 valence electrons. The highest BCUT2D eigenvalue weighted by atomic mass is 16.2. The summed E-state index contributed by atoms with van der Waals surface area (Å²) >= 11 is 0. The van der Waals surface area contributed by atoms with Crippen molar-refractivity contribution in [1.82, 2.24) is 25.1 Å². The molecule has 1 atom stereocenters.